The van der Waals surface area contributed by atoms with Crippen molar-refractivity contribution < 1.29 is 9.59 Å². The average molecular weight is 276 g/mol. The second kappa shape index (κ2) is 6.36. The number of nitrogens with one attached hydrogen (secondary N) is 1. The number of anilines is 1. The maximum atomic E-state index is 12.2. The highest BCUT2D eigenvalue weighted by atomic mass is 16.2. The molecule has 0 aliphatic carbocycles. The fourth-order valence-electron chi connectivity index (χ4n) is 2.16. The van der Waals surface area contributed by atoms with E-state index in [0.29, 0.717) is 11.4 Å². The van der Waals surface area contributed by atoms with Gasteiger partial charge in [-0.25, -0.2) is 4.98 Å². The van der Waals surface area contributed by atoms with Gasteiger partial charge < -0.3 is 15.1 Å². The second-order valence-corrected chi connectivity index (χ2v) is 5.04. The molecule has 1 N–H and O–H groups in total. The molecule has 0 bridgehead atoms. The minimum atomic E-state index is -0.254. The molecule has 0 saturated carbocycles. The Kier molecular flexibility index (Phi) is 4.55. The normalized spacial score (nSPS) is 14.2. The number of hydrogen-bond acceptors (Lipinski definition) is 4. The van der Waals surface area contributed by atoms with Crippen molar-refractivity contribution in [2.45, 2.75) is 12.8 Å². The zero-order chi connectivity index (χ0) is 14.5. The SMILES string of the molecule is CN(C)C(=O)CNC(=O)c1cccnc1N1CCCC1. The van der Waals surface area contributed by atoms with Crippen LogP contribution in [0, 0.1) is 0 Å². The van der Waals surface area contributed by atoms with Crippen LogP contribution in [-0.4, -0.2) is 55.4 Å². The largest absolute Gasteiger partial charge is 0.356 e. The summed E-state index contributed by atoms with van der Waals surface area (Å²) < 4.78 is 0. The lowest BCUT2D eigenvalue weighted by Crippen LogP contribution is -2.37. The molecule has 1 saturated heterocycles. The van der Waals surface area contributed by atoms with E-state index >= 15 is 0 Å². The predicted octanol–water partition coefficient (Wildman–Crippen LogP) is 0.500. The van der Waals surface area contributed by atoms with E-state index in [1.165, 1.54) is 4.90 Å². The van der Waals surface area contributed by atoms with E-state index in [0.717, 1.165) is 25.9 Å². The van der Waals surface area contributed by atoms with Gasteiger partial charge in [0.1, 0.15) is 5.82 Å². The lowest BCUT2D eigenvalue weighted by atomic mass is 10.2. The van der Waals surface area contributed by atoms with Crippen molar-refractivity contribution in [1.82, 2.24) is 15.2 Å². The van der Waals surface area contributed by atoms with Crippen LogP contribution in [-0.2, 0) is 4.79 Å². The first-order chi connectivity index (χ1) is 9.59. The van der Waals surface area contributed by atoms with Gasteiger partial charge in [0.15, 0.2) is 0 Å². The summed E-state index contributed by atoms with van der Waals surface area (Å²) in [5.74, 6) is 0.319. The molecule has 2 rings (SSSR count). The number of pyridine rings is 1. The minimum Gasteiger partial charge on any atom is -0.356 e. The fourth-order valence-corrected chi connectivity index (χ4v) is 2.16. The van der Waals surface area contributed by atoms with E-state index in [4.69, 9.17) is 0 Å². The van der Waals surface area contributed by atoms with Gasteiger partial charge in [-0.1, -0.05) is 0 Å². The maximum Gasteiger partial charge on any atom is 0.255 e. The van der Waals surface area contributed by atoms with Gasteiger partial charge >= 0.3 is 0 Å². The molecule has 1 aromatic heterocycles. The first-order valence-corrected chi connectivity index (χ1v) is 6.78. The summed E-state index contributed by atoms with van der Waals surface area (Å²) >= 11 is 0. The molecule has 0 atom stereocenters. The summed E-state index contributed by atoms with van der Waals surface area (Å²) in [5, 5.41) is 2.65. The van der Waals surface area contributed by atoms with Crippen molar-refractivity contribution in [2.24, 2.45) is 0 Å². The fraction of sp³-hybridized carbons (Fsp3) is 0.500. The van der Waals surface area contributed by atoms with Crippen LogP contribution in [0.15, 0.2) is 18.3 Å². The molecule has 0 radical (unpaired) electrons. The van der Waals surface area contributed by atoms with Gasteiger partial charge in [0, 0.05) is 33.4 Å². The van der Waals surface area contributed by atoms with Crippen LogP contribution in [0.5, 0.6) is 0 Å². The number of carbonyl (C=O) groups is 2. The Morgan fingerprint density at radius 1 is 1.35 bits per heavy atom. The number of hydrogen-bond donors (Lipinski definition) is 1. The van der Waals surface area contributed by atoms with Crippen LogP contribution >= 0.6 is 0 Å². The molecule has 6 nitrogen and oxygen atoms in total. The van der Waals surface area contributed by atoms with Crippen LogP contribution in [0.4, 0.5) is 5.82 Å². The smallest absolute Gasteiger partial charge is 0.255 e. The molecule has 0 aromatic carbocycles. The molecule has 0 spiro atoms. The van der Waals surface area contributed by atoms with E-state index in [1.807, 2.05) is 0 Å². The van der Waals surface area contributed by atoms with Crippen molar-refractivity contribution in [3.05, 3.63) is 23.9 Å². The van der Waals surface area contributed by atoms with Crippen molar-refractivity contribution in [3.63, 3.8) is 0 Å². The number of aromatic nitrogens is 1. The highest BCUT2D eigenvalue weighted by molar-refractivity contribution is 6.00. The van der Waals surface area contributed by atoms with E-state index in [2.05, 4.69) is 15.2 Å². The second-order valence-electron chi connectivity index (χ2n) is 5.04. The molecule has 0 unspecified atom stereocenters. The van der Waals surface area contributed by atoms with Gasteiger partial charge in [-0.3, -0.25) is 9.59 Å². The number of rotatable bonds is 4. The van der Waals surface area contributed by atoms with Gasteiger partial charge in [-0.05, 0) is 25.0 Å². The third-order valence-electron chi connectivity index (χ3n) is 3.34. The molecule has 1 aliphatic heterocycles. The molecular weight excluding hydrogens is 256 g/mol. The molecule has 1 aromatic rings. The zero-order valence-corrected chi connectivity index (χ0v) is 11.9. The Bertz CT molecular complexity index is 496. The number of nitrogens with zero attached hydrogens (tertiary/aromatic N) is 3. The lowest BCUT2D eigenvalue weighted by molar-refractivity contribution is -0.127. The highest BCUT2D eigenvalue weighted by Gasteiger charge is 2.20. The Morgan fingerprint density at radius 2 is 2.05 bits per heavy atom. The average Bonchev–Trinajstić information content (AvgIpc) is 2.98. The number of amides is 2. The number of carbonyl (C=O) groups excluding carboxylic acids is 2. The Morgan fingerprint density at radius 3 is 2.70 bits per heavy atom. The van der Waals surface area contributed by atoms with E-state index < -0.39 is 0 Å². The summed E-state index contributed by atoms with van der Waals surface area (Å²) in [6.45, 7) is 1.85. The van der Waals surface area contributed by atoms with Crippen LogP contribution in [0.1, 0.15) is 23.2 Å². The standard InChI is InChI=1S/C14H20N4O2/c1-17(2)12(19)10-16-14(20)11-6-5-7-15-13(11)18-8-3-4-9-18/h5-7H,3-4,8-10H2,1-2H3,(H,16,20). The predicted molar refractivity (Wildman–Crippen MR) is 76.7 cm³/mol. The first-order valence-electron chi connectivity index (χ1n) is 6.78. The van der Waals surface area contributed by atoms with Crippen LogP contribution in [0.25, 0.3) is 0 Å². The Balaban J connectivity index is 2.07. The van der Waals surface area contributed by atoms with Crippen LogP contribution in [0.3, 0.4) is 0 Å². The molecule has 2 amide bonds. The molecule has 1 aliphatic rings. The topological polar surface area (TPSA) is 65.5 Å². The highest BCUT2D eigenvalue weighted by Crippen LogP contribution is 2.21. The molecule has 6 heteroatoms. The molecule has 2 heterocycles. The summed E-state index contributed by atoms with van der Waals surface area (Å²) in [6.07, 6.45) is 3.93. The molecule has 108 valence electrons. The summed E-state index contributed by atoms with van der Waals surface area (Å²) in [4.78, 5) is 31.6. The van der Waals surface area contributed by atoms with Gasteiger partial charge in [0.25, 0.3) is 5.91 Å². The minimum absolute atomic E-state index is 0.000166. The van der Waals surface area contributed by atoms with Crippen LogP contribution < -0.4 is 10.2 Å². The monoisotopic (exact) mass is 276 g/mol. The first kappa shape index (κ1) is 14.3. The quantitative estimate of drug-likeness (QED) is 0.869. The maximum absolute atomic E-state index is 12.2. The lowest BCUT2D eigenvalue weighted by Gasteiger charge is -2.19. The van der Waals surface area contributed by atoms with Gasteiger partial charge in [-0.2, -0.15) is 0 Å². The van der Waals surface area contributed by atoms with Crippen LogP contribution in [0.2, 0.25) is 0 Å². The van der Waals surface area contributed by atoms with Crippen molar-refractivity contribution in [3.8, 4) is 0 Å². The molecular formula is C14H20N4O2. The summed E-state index contributed by atoms with van der Waals surface area (Å²) in [7, 11) is 3.32. The zero-order valence-electron chi connectivity index (χ0n) is 11.9. The van der Waals surface area contributed by atoms with Crippen molar-refractivity contribution in [1.29, 1.82) is 0 Å². The van der Waals surface area contributed by atoms with Gasteiger partial charge in [-0.15, -0.1) is 0 Å². The van der Waals surface area contributed by atoms with Gasteiger partial charge in [0.05, 0.1) is 12.1 Å². The summed E-state index contributed by atoms with van der Waals surface area (Å²) in [5.41, 5.74) is 0.529. The number of likely N-dealkylation sites (N-methyl/N-ethyl adjacent to an activating group) is 1. The van der Waals surface area contributed by atoms with E-state index in [1.54, 1.807) is 32.4 Å². The van der Waals surface area contributed by atoms with E-state index in [-0.39, 0.29) is 18.4 Å². The third kappa shape index (κ3) is 3.26. The van der Waals surface area contributed by atoms with Gasteiger partial charge in [0.2, 0.25) is 5.91 Å². The molecule has 20 heavy (non-hydrogen) atoms. The molecule has 1 fully saturated rings. The van der Waals surface area contributed by atoms with E-state index in [9.17, 15) is 9.59 Å². The Hall–Kier alpha value is -2.11. The van der Waals surface area contributed by atoms with Crippen molar-refractivity contribution >= 4 is 17.6 Å². The van der Waals surface area contributed by atoms with Crippen molar-refractivity contribution in [2.75, 3.05) is 38.6 Å². The summed E-state index contributed by atoms with van der Waals surface area (Å²) in [6, 6.07) is 3.48. The third-order valence-corrected chi connectivity index (χ3v) is 3.34. The Labute approximate surface area is 118 Å².